The second-order valence-corrected chi connectivity index (χ2v) is 4.58. The number of halogens is 2. The number of nitrogens with two attached hydrogens (primary N) is 1. The average molecular weight is 331 g/mol. The van der Waals surface area contributed by atoms with Gasteiger partial charge in [0.05, 0.1) is 0 Å². The maximum atomic E-state index is 11.6. The molecule has 5 nitrogen and oxygen atoms in total. The number of hydrogen-bond acceptors (Lipinski definition) is 3. The zero-order valence-electron chi connectivity index (χ0n) is 11.7. The maximum absolute atomic E-state index is 11.6. The topological polar surface area (TPSA) is 83.8 Å². The number of carbonyl (C=O) groups is 1. The van der Waals surface area contributed by atoms with Crippen molar-refractivity contribution in [3.63, 3.8) is 0 Å². The van der Waals surface area contributed by atoms with Crippen LogP contribution in [-0.2, 0) is 4.79 Å². The lowest BCUT2D eigenvalue weighted by atomic mass is 10.1. The Bertz CT molecular complexity index is 526. The lowest BCUT2D eigenvalue weighted by Gasteiger charge is -2.07. The molecular weight excluding hydrogens is 311 g/mol. The molecule has 4 N–H and O–H groups in total. The van der Waals surface area contributed by atoms with Crippen LogP contribution in [0.4, 0.5) is 5.69 Å². The van der Waals surface area contributed by atoms with Gasteiger partial charge in [0.2, 0.25) is 5.91 Å². The Balaban J connectivity index is 0.00000200. The quantitative estimate of drug-likeness (QED) is 0.787. The molecule has 7 heteroatoms. The zero-order valence-corrected chi connectivity index (χ0v) is 13.3. The average Bonchev–Trinajstić information content (AvgIpc) is 2.91. The van der Waals surface area contributed by atoms with Crippen molar-refractivity contribution < 1.29 is 4.79 Å². The van der Waals surface area contributed by atoms with Crippen molar-refractivity contribution in [3.8, 4) is 11.4 Å². The number of anilines is 1. The highest BCUT2D eigenvalue weighted by Crippen LogP contribution is 2.17. The molecule has 1 aromatic carbocycles. The molecule has 0 saturated carbocycles. The van der Waals surface area contributed by atoms with Gasteiger partial charge in [0, 0.05) is 36.1 Å². The van der Waals surface area contributed by atoms with Gasteiger partial charge >= 0.3 is 0 Å². The van der Waals surface area contributed by atoms with E-state index in [1.54, 1.807) is 12.4 Å². The normalized spacial score (nSPS) is 11.0. The minimum atomic E-state index is -0.0111. The van der Waals surface area contributed by atoms with E-state index in [2.05, 4.69) is 15.3 Å². The summed E-state index contributed by atoms with van der Waals surface area (Å²) < 4.78 is 0. The number of aromatic nitrogens is 2. The van der Waals surface area contributed by atoms with Crippen molar-refractivity contribution in [2.45, 2.75) is 25.8 Å². The first kappa shape index (κ1) is 19.4. The van der Waals surface area contributed by atoms with Crippen molar-refractivity contribution in [3.05, 3.63) is 36.7 Å². The summed E-state index contributed by atoms with van der Waals surface area (Å²) in [7, 11) is 0. The Morgan fingerprint density at radius 3 is 2.52 bits per heavy atom. The van der Waals surface area contributed by atoms with Crippen molar-refractivity contribution in [2.24, 2.45) is 5.73 Å². The Labute approximate surface area is 136 Å². The number of benzene rings is 1. The molecule has 2 rings (SSSR count). The van der Waals surface area contributed by atoms with Gasteiger partial charge in [-0.2, -0.15) is 0 Å². The van der Waals surface area contributed by atoms with Gasteiger partial charge in [-0.25, -0.2) is 4.98 Å². The number of H-pyrrole nitrogens is 1. The Morgan fingerprint density at radius 2 is 2.00 bits per heavy atom. The van der Waals surface area contributed by atoms with Gasteiger partial charge in [-0.3, -0.25) is 4.79 Å². The van der Waals surface area contributed by atoms with E-state index in [1.165, 1.54) is 0 Å². The van der Waals surface area contributed by atoms with Crippen LogP contribution in [0.5, 0.6) is 0 Å². The molecule has 21 heavy (non-hydrogen) atoms. The number of imidazole rings is 1. The van der Waals surface area contributed by atoms with Gasteiger partial charge in [-0.05, 0) is 37.6 Å². The van der Waals surface area contributed by atoms with E-state index in [0.29, 0.717) is 12.8 Å². The fraction of sp³-hybridized carbons (Fsp3) is 0.286. The Morgan fingerprint density at radius 1 is 1.33 bits per heavy atom. The fourth-order valence-electron chi connectivity index (χ4n) is 1.72. The van der Waals surface area contributed by atoms with Gasteiger partial charge in [-0.1, -0.05) is 0 Å². The van der Waals surface area contributed by atoms with Gasteiger partial charge in [-0.15, -0.1) is 24.8 Å². The summed E-state index contributed by atoms with van der Waals surface area (Å²) in [6, 6.07) is 7.61. The molecule has 0 aliphatic rings. The molecule has 1 amide bonds. The predicted octanol–water partition coefficient (Wildman–Crippen LogP) is 2.99. The summed E-state index contributed by atoms with van der Waals surface area (Å²) in [5.74, 6) is 0.804. The van der Waals surface area contributed by atoms with Crippen LogP contribution < -0.4 is 11.1 Å². The van der Waals surface area contributed by atoms with E-state index < -0.39 is 0 Å². The van der Waals surface area contributed by atoms with E-state index >= 15 is 0 Å². The standard InChI is InChI=1S/C14H18N4O.2ClH/c1-10(15)2-7-13(19)18-12-5-3-11(4-6-12)14-16-8-9-17-14;;/h3-6,8-10H,2,7,15H2,1H3,(H,16,17)(H,18,19);2*1H. The summed E-state index contributed by atoms with van der Waals surface area (Å²) in [6.45, 7) is 1.89. The van der Waals surface area contributed by atoms with Crippen LogP contribution in [0.25, 0.3) is 11.4 Å². The number of carbonyl (C=O) groups excluding carboxylic acids is 1. The van der Waals surface area contributed by atoms with Crippen LogP contribution in [0.15, 0.2) is 36.7 Å². The number of nitrogens with one attached hydrogen (secondary N) is 2. The number of nitrogens with zero attached hydrogens (tertiary/aromatic N) is 1. The molecular formula is C14H20Cl2N4O. The lowest BCUT2D eigenvalue weighted by Crippen LogP contribution is -2.19. The fourth-order valence-corrected chi connectivity index (χ4v) is 1.72. The smallest absolute Gasteiger partial charge is 0.224 e. The van der Waals surface area contributed by atoms with Crippen molar-refractivity contribution in [1.29, 1.82) is 0 Å². The molecule has 1 unspecified atom stereocenters. The molecule has 1 heterocycles. The SMILES string of the molecule is CC(N)CCC(=O)Nc1ccc(-c2ncc[nH]2)cc1.Cl.Cl. The first-order valence-electron chi connectivity index (χ1n) is 6.30. The summed E-state index contributed by atoms with van der Waals surface area (Å²) in [4.78, 5) is 18.8. The van der Waals surface area contributed by atoms with E-state index in [9.17, 15) is 4.79 Å². The summed E-state index contributed by atoms with van der Waals surface area (Å²) in [6.07, 6.45) is 4.62. The molecule has 0 aliphatic carbocycles. The van der Waals surface area contributed by atoms with Gasteiger partial charge in [0.1, 0.15) is 5.82 Å². The van der Waals surface area contributed by atoms with Gasteiger partial charge < -0.3 is 16.0 Å². The third-order valence-corrected chi connectivity index (χ3v) is 2.77. The molecule has 0 spiro atoms. The Hall–Kier alpha value is -1.56. The molecule has 116 valence electrons. The second kappa shape index (κ2) is 9.39. The van der Waals surface area contributed by atoms with Crippen LogP contribution in [0.2, 0.25) is 0 Å². The second-order valence-electron chi connectivity index (χ2n) is 4.58. The summed E-state index contributed by atoms with van der Waals surface area (Å²) >= 11 is 0. The Kier molecular flexibility index (Phi) is 8.69. The zero-order chi connectivity index (χ0) is 13.7. The van der Waals surface area contributed by atoms with Crippen molar-refractivity contribution >= 4 is 36.4 Å². The van der Waals surface area contributed by atoms with Crippen molar-refractivity contribution in [1.82, 2.24) is 9.97 Å². The number of hydrogen-bond donors (Lipinski definition) is 3. The molecule has 0 bridgehead atoms. The molecule has 0 radical (unpaired) electrons. The first-order valence-corrected chi connectivity index (χ1v) is 6.30. The molecule has 0 fully saturated rings. The highest BCUT2D eigenvalue weighted by Gasteiger charge is 2.05. The number of aromatic amines is 1. The van der Waals surface area contributed by atoms with Crippen molar-refractivity contribution in [2.75, 3.05) is 5.32 Å². The van der Waals surface area contributed by atoms with Crippen LogP contribution in [0.1, 0.15) is 19.8 Å². The molecule has 2 aromatic rings. The van der Waals surface area contributed by atoms with Crippen LogP contribution in [0, 0.1) is 0 Å². The highest BCUT2D eigenvalue weighted by molar-refractivity contribution is 5.90. The van der Waals surface area contributed by atoms with Crippen LogP contribution in [0.3, 0.4) is 0 Å². The first-order chi connectivity index (χ1) is 9.15. The maximum Gasteiger partial charge on any atom is 0.224 e. The third-order valence-electron chi connectivity index (χ3n) is 2.77. The molecule has 1 aromatic heterocycles. The van der Waals surface area contributed by atoms with E-state index in [0.717, 1.165) is 17.1 Å². The molecule has 1 atom stereocenters. The largest absolute Gasteiger partial charge is 0.345 e. The predicted molar refractivity (Wildman–Crippen MR) is 90.0 cm³/mol. The number of rotatable bonds is 5. The minimum absolute atomic E-state index is 0. The van der Waals surface area contributed by atoms with E-state index in [4.69, 9.17) is 5.73 Å². The number of amides is 1. The van der Waals surface area contributed by atoms with Crippen LogP contribution >= 0.6 is 24.8 Å². The highest BCUT2D eigenvalue weighted by atomic mass is 35.5. The molecule has 0 saturated heterocycles. The van der Waals surface area contributed by atoms with Gasteiger partial charge in [0.25, 0.3) is 0 Å². The monoisotopic (exact) mass is 330 g/mol. The summed E-state index contributed by atoms with van der Waals surface area (Å²) in [5, 5.41) is 2.84. The summed E-state index contributed by atoms with van der Waals surface area (Å²) in [5.41, 5.74) is 7.38. The minimum Gasteiger partial charge on any atom is -0.345 e. The van der Waals surface area contributed by atoms with E-state index in [1.807, 2.05) is 31.2 Å². The van der Waals surface area contributed by atoms with Gasteiger partial charge in [0.15, 0.2) is 0 Å². The van der Waals surface area contributed by atoms with E-state index in [-0.39, 0.29) is 36.8 Å². The third kappa shape index (κ3) is 6.16. The lowest BCUT2D eigenvalue weighted by molar-refractivity contribution is -0.116. The molecule has 0 aliphatic heterocycles. The van der Waals surface area contributed by atoms with Crippen LogP contribution in [-0.4, -0.2) is 21.9 Å².